The Kier molecular flexibility index (Phi) is 9.20. The van der Waals surface area contributed by atoms with E-state index in [0.717, 1.165) is 16.3 Å². The van der Waals surface area contributed by atoms with Gasteiger partial charge < -0.3 is 14.2 Å². The molecule has 6 nitrogen and oxygen atoms in total. The van der Waals surface area contributed by atoms with Gasteiger partial charge in [-0.1, -0.05) is 42.5 Å². The minimum absolute atomic E-state index is 0.102. The Hall–Kier alpha value is -3.41. The molecule has 0 unspecified atom stereocenters. The SMILES string of the molecule is C=CCCC(C/C=C/c1cc(OC(C)=O)cc2ccccc12)(C(=O)OCC)C(=O)OCC. The fourth-order valence-electron chi connectivity index (χ4n) is 3.50. The first kappa shape index (κ1) is 24.9. The van der Waals surface area contributed by atoms with Crippen LogP contribution in [0, 0.1) is 5.41 Å². The van der Waals surface area contributed by atoms with Gasteiger partial charge in [0.15, 0.2) is 5.41 Å². The quantitative estimate of drug-likeness (QED) is 0.206. The molecule has 0 radical (unpaired) electrons. The van der Waals surface area contributed by atoms with E-state index in [0.29, 0.717) is 12.2 Å². The molecule has 32 heavy (non-hydrogen) atoms. The van der Waals surface area contributed by atoms with E-state index in [1.165, 1.54) is 6.92 Å². The van der Waals surface area contributed by atoms with Gasteiger partial charge in [-0.15, -0.1) is 6.58 Å². The Morgan fingerprint density at radius 2 is 1.69 bits per heavy atom. The van der Waals surface area contributed by atoms with Crippen molar-refractivity contribution in [3.05, 3.63) is 60.7 Å². The summed E-state index contributed by atoms with van der Waals surface area (Å²) in [7, 11) is 0. The number of hydrogen-bond acceptors (Lipinski definition) is 6. The van der Waals surface area contributed by atoms with Crippen LogP contribution in [-0.4, -0.2) is 31.1 Å². The second-order valence-corrected chi connectivity index (χ2v) is 7.28. The van der Waals surface area contributed by atoms with E-state index in [4.69, 9.17) is 14.2 Å². The Morgan fingerprint density at radius 3 is 2.28 bits per heavy atom. The van der Waals surface area contributed by atoms with Crippen LogP contribution in [0.1, 0.15) is 45.6 Å². The van der Waals surface area contributed by atoms with Gasteiger partial charge in [0, 0.05) is 6.92 Å². The summed E-state index contributed by atoms with van der Waals surface area (Å²) in [6, 6.07) is 11.2. The van der Waals surface area contributed by atoms with E-state index in [9.17, 15) is 14.4 Å². The van der Waals surface area contributed by atoms with Gasteiger partial charge in [0.2, 0.25) is 0 Å². The largest absolute Gasteiger partial charge is 0.465 e. The van der Waals surface area contributed by atoms with Crippen molar-refractivity contribution in [1.82, 2.24) is 0 Å². The van der Waals surface area contributed by atoms with Crippen LogP contribution in [0.2, 0.25) is 0 Å². The van der Waals surface area contributed by atoms with Crippen molar-refractivity contribution in [1.29, 1.82) is 0 Å². The van der Waals surface area contributed by atoms with Crippen LogP contribution in [0.4, 0.5) is 0 Å². The molecular formula is C26H30O6. The fraction of sp³-hybridized carbons (Fsp3) is 0.346. The van der Waals surface area contributed by atoms with Gasteiger partial charge >= 0.3 is 17.9 Å². The Morgan fingerprint density at radius 1 is 1.03 bits per heavy atom. The molecule has 2 rings (SSSR count). The normalized spacial score (nSPS) is 11.3. The molecule has 0 saturated carbocycles. The van der Waals surface area contributed by atoms with Crippen LogP contribution < -0.4 is 4.74 Å². The van der Waals surface area contributed by atoms with E-state index in [1.807, 2.05) is 30.3 Å². The maximum atomic E-state index is 12.9. The standard InChI is InChI=1S/C26H30O6/c1-5-8-15-26(24(28)30-6-2,25(29)31-7-3)16-11-13-21-18-22(32-19(4)27)17-20-12-9-10-14-23(20)21/h5,9-14,17-18H,1,6-8,15-16H2,2-4H3/b13-11+. The lowest BCUT2D eigenvalue weighted by atomic mass is 9.79. The maximum Gasteiger partial charge on any atom is 0.323 e. The van der Waals surface area contributed by atoms with Crippen molar-refractivity contribution in [3.63, 3.8) is 0 Å². The summed E-state index contributed by atoms with van der Waals surface area (Å²) < 4.78 is 15.8. The third-order valence-corrected chi connectivity index (χ3v) is 5.00. The van der Waals surface area contributed by atoms with Crippen molar-refractivity contribution in [2.24, 2.45) is 5.41 Å². The second kappa shape index (κ2) is 11.8. The monoisotopic (exact) mass is 438 g/mol. The van der Waals surface area contributed by atoms with E-state index in [2.05, 4.69) is 6.58 Å². The maximum absolute atomic E-state index is 12.9. The summed E-state index contributed by atoms with van der Waals surface area (Å²) in [6.45, 7) is 8.77. The zero-order valence-electron chi connectivity index (χ0n) is 18.9. The molecular weight excluding hydrogens is 408 g/mol. The summed E-state index contributed by atoms with van der Waals surface area (Å²) in [5.41, 5.74) is -0.662. The number of fused-ring (bicyclic) bond motifs is 1. The van der Waals surface area contributed by atoms with Crippen molar-refractivity contribution in [2.75, 3.05) is 13.2 Å². The number of ether oxygens (including phenoxy) is 3. The van der Waals surface area contributed by atoms with Crippen LogP contribution in [0.5, 0.6) is 5.75 Å². The molecule has 170 valence electrons. The van der Waals surface area contributed by atoms with Crippen LogP contribution in [-0.2, 0) is 23.9 Å². The van der Waals surface area contributed by atoms with Crippen LogP contribution >= 0.6 is 0 Å². The number of hydrogen-bond donors (Lipinski definition) is 0. The highest BCUT2D eigenvalue weighted by molar-refractivity contribution is 6.00. The predicted molar refractivity (Wildman–Crippen MR) is 124 cm³/mol. The molecule has 0 N–H and O–H groups in total. The lowest BCUT2D eigenvalue weighted by molar-refractivity contribution is -0.172. The van der Waals surface area contributed by atoms with Gasteiger partial charge in [-0.05, 0) is 61.6 Å². The molecule has 0 aliphatic carbocycles. The molecule has 0 saturated heterocycles. The number of rotatable bonds is 11. The molecule has 2 aromatic rings. The number of esters is 3. The zero-order valence-corrected chi connectivity index (χ0v) is 18.9. The first-order valence-electron chi connectivity index (χ1n) is 10.7. The highest BCUT2D eigenvalue weighted by Gasteiger charge is 2.47. The van der Waals surface area contributed by atoms with Crippen molar-refractivity contribution in [3.8, 4) is 5.75 Å². The van der Waals surface area contributed by atoms with Gasteiger partial charge in [-0.3, -0.25) is 14.4 Å². The number of carbonyl (C=O) groups excluding carboxylic acids is 3. The average Bonchev–Trinajstić information content (AvgIpc) is 2.76. The first-order valence-corrected chi connectivity index (χ1v) is 10.7. The molecule has 0 aromatic heterocycles. The van der Waals surface area contributed by atoms with Gasteiger partial charge in [0.05, 0.1) is 13.2 Å². The summed E-state index contributed by atoms with van der Waals surface area (Å²) in [6.07, 6.45) is 6.02. The lowest BCUT2D eigenvalue weighted by Gasteiger charge is -2.27. The third kappa shape index (κ3) is 6.06. The first-order chi connectivity index (χ1) is 15.4. The van der Waals surface area contributed by atoms with Gasteiger partial charge in [0.1, 0.15) is 5.75 Å². The highest BCUT2D eigenvalue weighted by Crippen LogP contribution is 2.34. The fourth-order valence-corrected chi connectivity index (χ4v) is 3.50. The Bertz CT molecular complexity index is 987. The molecule has 0 spiro atoms. The topological polar surface area (TPSA) is 78.9 Å². The summed E-state index contributed by atoms with van der Waals surface area (Å²) in [4.78, 5) is 37.2. The number of benzene rings is 2. The molecule has 2 aromatic carbocycles. The van der Waals surface area contributed by atoms with E-state index < -0.39 is 23.3 Å². The molecule has 0 bridgehead atoms. The summed E-state index contributed by atoms with van der Waals surface area (Å²) >= 11 is 0. The van der Waals surface area contributed by atoms with Gasteiger partial charge in [-0.25, -0.2) is 0 Å². The lowest BCUT2D eigenvalue weighted by Crippen LogP contribution is -2.41. The summed E-state index contributed by atoms with van der Waals surface area (Å²) in [5.74, 6) is -1.21. The number of allylic oxidation sites excluding steroid dienone is 2. The van der Waals surface area contributed by atoms with E-state index in [-0.39, 0.29) is 26.1 Å². The van der Waals surface area contributed by atoms with Crippen LogP contribution in [0.3, 0.4) is 0 Å². The molecule has 6 heteroatoms. The van der Waals surface area contributed by atoms with E-state index in [1.54, 1.807) is 38.1 Å². The van der Waals surface area contributed by atoms with Crippen LogP contribution in [0.25, 0.3) is 16.8 Å². The second-order valence-electron chi connectivity index (χ2n) is 7.28. The smallest absolute Gasteiger partial charge is 0.323 e. The van der Waals surface area contributed by atoms with E-state index >= 15 is 0 Å². The van der Waals surface area contributed by atoms with Gasteiger partial charge in [-0.2, -0.15) is 0 Å². The molecule has 0 aliphatic rings. The predicted octanol–water partition coefficient (Wildman–Crippen LogP) is 5.25. The van der Waals surface area contributed by atoms with Crippen molar-refractivity contribution in [2.45, 2.75) is 40.0 Å². The Labute approximate surface area is 188 Å². The molecule has 0 aliphatic heterocycles. The minimum atomic E-state index is -1.46. The molecule has 0 fully saturated rings. The average molecular weight is 439 g/mol. The van der Waals surface area contributed by atoms with Crippen LogP contribution in [0.15, 0.2) is 55.1 Å². The zero-order chi connectivity index (χ0) is 23.6. The van der Waals surface area contributed by atoms with Gasteiger partial charge in [0.25, 0.3) is 0 Å². The third-order valence-electron chi connectivity index (χ3n) is 5.00. The molecule has 0 heterocycles. The highest BCUT2D eigenvalue weighted by atomic mass is 16.6. The van der Waals surface area contributed by atoms with Crippen molar-refractivity contribution >= 4 is 34.8 Å². The number of carbonyl (C=O) groups is 3. The van der Waals surface area contributed by atoms with Crippen molar-refractivity contribution < 1.29 is 28.6 Å². The summed E-state index contributed by atoms with van der Waals surface area (Å²) in [5, 5.41) is 1.85. The molecule has 0 amide bonds. The minimum Gasteiger partial charge on any atom is -0.465 e. The molecule has 0 atom stereocenters. The Balaban J connectivity index is 2.47.